The highest BCUT2D eigenvalue weighted by atomic mass is 16.5. The van der Waals surface area contributed by atoms with E-state index in [1.807, 2.05) is 0 Å². The first-order valence-corrected chi connectivity index (χ1v) is 7.58. The molecule has 0 aromatic heterocycles. The summed E-state index contributed by atoms with van der Waals surface area (Å²) in [4.78, 5) is 2.24. The Balaban J connectivity index is 2.48. The first-order valence-electron chi connectivity index (χ1n) is 7.58. The lowest BCUT2D eigenvalue weighted by Crippen LogP contribution is -2.38. The summed E-state index contributed by atoms with van der Waals surface area (Å²) in [5.74, 6) is 1.06. The molecule has 0 saturated heterocycles. The van der Waals surface area contributed by atoms with Crippen molar-refractivity contribution in [3.05, 3.63) is 28.8 Å². The summed E-state index contributed by atoms with van der Waals surface area (Å²) in [5.41, 5.74) is 10.2. The zero-order chi connectivity index (χ0) is 14.8. The minimum Gasteiger partial charge on any atom is -0.493 e. The van der Waals surface area contributed by atoms with Crippen LogP contribution in [0.1, 0.15) is 36.0 Å². The summed E-state index contributed by atoms with van der Waals surface area (Å²) < 4.78 is 6.00. The van der Waals surface area contributed by atoms with E-state index in [4.69, 9.17) is 10.5 Å². The highest BCUT2D eigenvalue weighted by Gasteiger charge is 2.36. The summed E-state index contributed by atoms with van der Waals surface area (Å²) in [5, 5.41) is 0. The smallest absolute Gasteiger partial charge is 0.123 e. The number of ether oxygens (including phenoxy) is 1. The minimum atomic E-state index is 0.0634. The van der Waals surface area contributed by atoms with Crippen LogP contribution in [0.3, 0.4) is 0 Å². The molecule has 1 aliphatic rings. The van der Waals surface area contributed by atoms with Crippen LogP contribution in [0.25, 0.3) is 0 Å². The maximum Gasteiger partial charge on any atom is 0.123 e. The number of benzene rings is 1. The summed E-state index contributed by atoms with van der Waals surface area (Å²) >= 11 is 0. The second kappa shape index (κ2) is 6.15. The number of fused-ring (bicyclic) bond motifs is 1. The van der Waals surface area contributed by atoms with E-state index < -0.39 is 0 Å². The van der Waals surface area contributed by atoms with Gasteiger partial charge in [-0.25, -0.2) is 0 Å². The summed E-state index contributed by atoms with van der Waals surface area (Å²) in [6.07, 6.45) is 3.29. The fourth-order valence-corrected chi connectivity index (χ4v) is 3.43. The van der Waals surface area contributed by atoms with Crippen molar-refractivity contribution in [2.75, 3.05) is 33.8 Å². The lowest BCUT2D eigenvalue weighted by atomic mass is 9.72. The standard InChI is InChI=1S/C17H28N2O/c1-13-10-14(2)16-15(11-13)20-9-5-6-17(16,12-18)7-8-19(3)4/h10-11H,5-9,12,18H2,1-4H3. The number of aryl methyl sites for hydroxylation is 2. The van der Waals surface area contributed by atoms with Gasteiger partial charge >= 0.3 is 0 Å². The van der Waals surface area contributed by atoms with Crippen LogP contribution in [-0.2, 0) is 5.41 Å². The van der Waals surface area contributed by atoms with Crippen molar-refractivity contribution in [1.29, 1.82) is 0 Å². The van der Waals surface area contributed by atoms with E-state index in [1.54, 1.807) is 0 Å². The molecule has 2 N–H and O–H groups in total. The molecule has 3 nitrogen and oxygen atoms in total. The first kappa shape index (κ1) is 15.3. The van der Waals surface area contributed by atoms with E-state index >= 15 is 0 Å². The van der Waals surface area contributed by atoms with Gasteiger partial charge < -0.3 is 15.4 Å². The fraction of sp³-hybridized carbons (Fsp3) is 0.647. The zero-order valence-corrected chi connectivity index (χ0v) is 13.3. The Morgan fingerprint density at radius 2 is 2.05 bits per heavy atom. The molecule has 0 aliphatic carbocycles. The summed E-state index contributed by atoms with van der Waals surface area (Å²) in [6, 6.07) is 4.43. The SMILES string of the molecule is Cc1cc(C)c2c(c1)OCCCC2(CN)CCN(C)C. The third-order valence-corrected chi connectivity index (χ3v) is 4.46. The summed E-state index contributed by atoms with van der Waals surface area (Å²) in [6.45, 7) is 6.89. The third kappa shape index (κ3) is 2.99. The van der Waals surface area contributed by atoms with Gasteiger partial charge in [-0.05, 0) is 70.9 Å². The first-order chi connectivity index (χ1) is 9.48. The van der Waals surface area contributed by atoms with E-state index in [2.05, 4.69) is 45.0 Å². The van der Waals surface area contributed by atoms with Crippen LogP contribution >= 0.6 is 0 Å². The van der Waals surface area contributed by atoms with E-state index in [1.165, 1.54) is 16.7 Å². The average molecular weight is 276 g/mol. The Kier molecular flexibility index (Phi) is 4.71. The van der Waals surface area contributed by atoms with Gasteiger partial charge in [0, 0.05) is 17.5 Å². The van der Waals surface area contributed by atoms with Crippen LogP contribution in [0.4, 0.5) is 0 Å². The Labute approximate surface area is 123 Å². The Bertz CT molecular complexity index is 470. The van der Waals surface area contributed by atoms with E-state index in [0.717, 1.165) is 38.2 Å². The zero-order valence-electron chi connectivity index (χ0n) is 13.3. The molecule has 1 unspecified atom stereocenters. The number of rotatable bonds is 4. The van der Waals surface area contributed by atoms with Crippen molar-refractivity contribution in [1.82, 2.24) is 4.90 Å². The number of nitrogens with zero attached hydrogens (tertiary/aromatic N) is 1. The highest BCUT2D eigenvalue weighted by molar-refractivity contribution is 5.48. The molecule has 0 fully saturated rings. The van der Waals surface area contributed by atoms with Gasteiger partial charge in [-0.2, -0.15) is 0 Å². The molecule has 1 heterocycles. The van der Waals surface area contributed by atoms with Gasteiger partial charge in [-0.1, -0.05) is 6.07 Å². The molecule has 0 radical (unpaired) electrons. The normalized spacial score (nSPS) is 22.3. The molecule has 20 heavy (non-hydrogen) atoms. The quantitative estimate of drug-likeness (QED) is 0.919. The predicted octanol–water partition coefficient (Wildman–Crippen LogP) is 2.62. The molecule has 1 aliphatic heterocycles. The molecule has 0 amide bonds. The van der Waals surface area contributed by atoms with Crippen molar-refractivity contribution in [2.24, 2.45) is 5.73 Å². The molecule has 112 valence electrons. The van der Waals surface area contributed by atoms with Gasteiger partial charge in [0.25, 0.3) is 0 Å². The van der Waals surface area contributed by atoms with Crippen LogP contribution in [0.15, 0.2) is 12.1 Å². The topological polar surface area (TPSA) is 38.5 Å². The average Bonchev–Trinajstić information content (AvgIpc) is 2.56. The van der Waals surface area contributed by atoms with Gasteiger partial charge in [-0.15, -0.1) is 0 Å². The molecule has 3 heteroatoms. The lowest BCUT2D eigenvalue weighted by Gasteiger charge is -2.35. The summed E-state index contributed by atoms with van der Waals surface area (Å²) in [7, 11) is 4.25. The van der Waals surface area contributed by atoms with Gasteiger partial charge in [0.05, 0.1) is 6.61 Å². The van der Waals surface area contributed by atoms with Gasteiger partial charge in [0.15, 0.2) is 0 Å². The van der Waals surface area contributed by atoms with Crippen molar-refractivity contribution < 1.29 is 4.74 Å². The molecule has 0 saturated carbocycles. The van der Waals surface area contributed by atoms with Crippen molar-refractivity contribution in [3.8, 4) is 5.75 Å². The monoisotopic (exact) mass is 276 g/mol. The number of hydrogen-bond donors (Lipinski definition) is 1. The van der Waals surface area contributed by atoms with Crippen LogP contribution in [0.5, 0.6) is 5.75 Å². The minimum absolute atomic E-state index is 0.0634. The maximum absolute atomic E-state index is 6.24. The second-order valence-corrected chi connectivity index (χ2v) is 6.44. The fourth-order valence-electron chi connectivity index (χ4n) is 3.43. The van der Waals surface area contributed by atoms with Crippen LogP contribution < -0.4 is 10.5 Å². The molecular formula is C17H28N2O. The predicted molar refractivity (Wildman–Crippen MR) is 84.5 cm³/mol. The van der Waals surface area contributed by atoms with Gasteiger partial charge in [0.2, 0.25) is 0 Å². The molecule has 0 spiro atoms. The molecule has 1 aromatic rings. The van der Waals surface area contributed by atoms with Crippen LogP contribution in [-0.4, -0.2) is 38.7 Å². The lowest BCUT2D eigenvalue weighted by molar-refractivity contribution is 0.290. The van der Waals surface area contributed by atoms with Crippen molar-refractivity contribution >= 4 is 0 Å². The maximum atomic E-state index is 6.24. The number of hydrogen-bond acceptors (Lipinski definition) is 3. The molecule has 1 atom stereocenters. The Morgan fingerprint density at radius 1 is 1.30 bits per heavy atom. The number of nitrogens with two attached hydrogens (primary N) is 1. The van der Waals surface area contributed by atoms with Gasteiger partial charge in [0.1, 0.15) is 5.75 Å². The molecule has 2 rings (SSSR count). The Morgan fingerprint density at radius 3 is 2.70 bits per heavy atom. The van der Waals surface area contributed by atoms with E-state index in [-0.39, 0.29) is 5.41 Å². The van der Waals surface area contributed by atoms with E-state index in [9.17, 15) is 0 Å². The van der Waals surface area contributed by atoms with Crippen molar-refractivity contribution in [3.63, 3.8) is 0 Å². The highest BCUT2D eigenvalue weighted by Crippen LogP contribution is 2.42. The molecule has 1 aromatic carbocycles. The van der Waals surface area contributed by atoms with Crippen LogP contribution in [0, 0.1) is 13.8 Å². The molecule has 0 bridgehead atoms. The van der Waals surface area contributed by atoms with Gasteiger partial charge in [-0.3, -0.25) is 0 Å². The molecular weight excluding hydrogens is 248 g/mol. The second-order valence-electron chi connectivity index (χ2n) is 6.44. The largest absolute Gasteiger partial charge is 0.493 e. The third-order valence-electron chi connectivity index (χ3n) is 4.46. The Hall–Kier alpha value is -1.06. The van der Waals surface area contributed by atoms with Crippen molar-refractivity contribution in [2.45, 2.75) is 38.5 Å². The van der Waals surface area contributed by atoms with Crippen LogP contribution in [0.2, 0.25) is 0 Å². The van der Waals surface area contributed by atoms with E-state index in [0.29, 0.717) is 6.54 Å².